The second-order valence-corrected chi connectivity index (χ2v) is 10.7. The zero-order valence-corrected chi connectivity index (χ0v) is 19.8. The molecule has 1 N–H and O–H groups in total. The Balaban J connectivity index is 1.51. The fourth-order valence-electron chi connectivity index (χ4n) is 4.47. The number of nitrogens with one attached hydrogen (secondary N) is 1. The molecule has 2 aromatic rings. The predicted molar refractivity (Wildman–Crippen MR) is 126 cm³/mol. The van der Waals surface area contributed by atoms with Gasteiger partial charge in [-0.1, -0.05) is 0 Å². The SMILES string of the molecule is CC1CN(S(=O)(=O)c2ccc(C(=O)Nc3cc(F)ccc3N3CCCCC3)cc2)CC(C)O1. The molecular weight excluding hydrogens is 445 g/mol. The maximum atomic E-state index is 13.9. The zero-order valence-electron chi connectivity index (χ0n) is 19.0. The molecule has 178 valence electrons. The molecule has 1 amide bonds. The number of hydrogen-bond acceptors (Lipinski definition) is 5. The Kier molecular flexibility index (Phi) is 7.02. The van der Waals surface area contributed by atoms with Crippen molar-refractivity contribution >= 4 is 27.3 Å². The van der Waals surface area contributed by atoms with Gasteiger partial charge in [-0.3, -0.25) is 4.79 Å². The van der Waals surface area contributed by atoms with E-state index in [-0.39, 0.29) is 30.2 Å². The molecule has 2 aromatic carbocycles. The molecule has 0 saturated carbocycles. The van der Waals surface area contributed by atoms with Crippen molar-refractivity contribution in [3.63, 3.8) is 0 Å². The number of sulfonamides is 1. The number of halogens is 1. The van der Waals surface area contributed by atoms with E-state index in [4.69, 9.17) is 4.74 Å². The van der Waals surface area contributed by atoms with Crippen LogP contribution in [0, 0.1) is 5.82 Å². The molecule has 9 heteroatoms. The number of hydrogen-bond donors (Lipinski definition) is 1. The number of benzene rings is 2. The fraction of sp³-hybridized carbons (Fsp3) is 0.458. The van der Waals surface area contributed by atoms with Gasteiger partial charge < -0.3 is 15.0 Å². The van der Waals surface area contributed by atoms with Crippen LogP contribution >= 0.6 is 0 Å². The molecule has 2 aliphatic rings. The Morgan fingerprint density at radius 2 is 1.64 bits per heavy atom. The lowest BCUT2D eigenvalue weighted by Gasteiger charge is -2.34. The normalized spacial score (nSPS) is 22.2. The molecule has 2 fully saturated rings. The molecule has 0 aliphatic carbocycles. The molecular formula is C24H30FN3O4S. The molecule has 0 spiro atoms. The van der Waals surface area contributed by atoms with Gasteiger partial charge in [0.2, 0.25) is 10.0 Å². The minimum atomic E-state index is -3.69. The van der Waals surface area contributed by atoms with Crippen molar-refractivity contribution in [3.05, 3.63) is 53.8 Å². The van der Waals surface area contributed by atoms with Crippen molar-refractivity contribution in [2.45, 2.75) is 50.2 Å². The van der Waals surface area contributed by atoms with Crippen LogP contribution in [-0.4, -0.2) is 57.0 Å². The van der Waals surface area contributed by atoms with Crippen LogP contribution < -0.4 is 10.2 Å². The maximum absolute atomic E-state index is 13.9. The van der Waals surface area contributed by atoms with Crippen LogP contribution in [0.2, 0.25) is 0 Å². The van der Waals surface area contributed by atoms with Crippen molar-refractivity contribution in [1.82, 2.24) is 4.31 Å². The van der Waals surface area contributed by atoms with Gasteiger partial charge in [-0.25, -0.2) is 12.8 Å². The van der Waals surface area contributed by atoms with E-state index in [0.29, 0.717) is 11.3 Å². The first-order valence-electron chi connectivity index (χ1n) is 11.4. The highest BCUT2D eigenvalue weighted by Crippen LogP contribution is 2.30. The molecule has 0 radical (unpaired) electrons. The number of anilines is 2. The monoisotopic (exact) mass is 475 g/mol. The summed E-state index contributed by atoms with van der Waals surface area (Å²) in [6, 6.07) is 10.2. The van der Waals surface area contributed by atoms with Crippen LogP contribution in [0.5, 0.6) is 0 Å². The lowest BCUT2D eigenvalue weighted by molar-refractivity contribution is -0.0440. The third-order valence-corrected chi connectivity index (χ3v) is 7.89. The first-order valence-corrected chi connectivity index (χ1v) is 12.8. The van der Waals surface area contributed by atoms with Gasteiger partial charge in [0.1, 0.15) is 5.82 Å². The number of amides is 1. The highest BCUT2D eigenvalue weighted by atomic mass is 32.2. The Labute approximate surface area is 194 Å². The van der Waals surface area contributed by atoms with Crippen molar-refractivity contribution in [2.75, 3.05) is 36.4 Å². The van der Waals surface area contributed by atoms with E-state index in [9.17, 15) is 17.6 Å². The molecule has 33 heavy (non-hydrogen) atoms. The van der Waals surface area contributed by atoms with Gasteiger partial charge in [0, 0.05) is 31.7 Å². The summed E-state index contributed by atoms with van der Waals surface area (Å²) in [6.07, 6.45) is 2.91. The van der Waals surface area contributed by atoms with Gasteiger partial charge in [0.05, 0.1) is 28.5 Å². The van der Waals surface area contributed by atoms with Crippen LogP contribution in [0.1, 0.15) is 43.5 Å². The predicted octanol–water partition coefficient (Wildman–Crippen LogP) is 3.87. The average Bonchev–Trinajstić information content (AvgIpc) is 2.79. The van der Waals surface area contributed by atoms with Crippen LogP contribution in [0.15, 0.2) is 47.4 Å². The topological polar surface area (TPSA) is 79.0 Å². The molecule has 2 unspecified atom stereocenters. The summed E-state index contributed by atoms with van der Waals surface area (Å²) >= 11 is 0. The van der Waals surface area contributed by atoms with Crippen LogP contribution in [0.3, 0.4) is 0 Å². The fourth-order valence-corrected chi connectivity index (χ4v) is 6.06. The van der Waals surface area contributed by atoms with E-state index in [2.05, 4.69) is 10.2 Å². The standard InChI is InChI=1S/C24H30FN3O4S/c1-17-15-28(16-18(2)32-17)33(30,31)21-9-6-19(7-10-21)24(29)26-22-14-20(25)8-11-23(22)27-12-4-3-5-13-27/h6-11,14,17-18H,3-5,12-13,15-16H2,1-2H3,(H,26,29). The Morgan fingerprint density at radius 1 is 1.00 bits per heavy atom. The molecule has 2 aliphatic heterocycles. The van der Waals surface area contributed by atoms with Gasteiger partial charge in [0.25, 0.3) is 5.91 Å². The molecule has 2 atom stereocenters. The lowest BCUT2D eigenvalue weighted by Crippen LogP contribution is -2.48. The first-order chi connectivity index (χ1) is 15.7. The minimum Gasteiger partial charge on any atom is -0.373 e. The molecule has 7 nitrogen and oxygen atoms in total. The van der Waals surface area contributed by atoms with E-state index in [1.54, 1.807) is 6.07 Å². The summed E-state index contributed by atoms with van der Waals surface area (Å²) in [7, 11) is -3.69. The molecule has 2 saturated heterocycles. The Bertz CT molecular complexity index is 1090. The summed E-state index contributed by atoms with van der Waals surface area (Å²) in [6.45, 7) is 5.98. The van der Waals surface area contributed by atoms with Gasteiger partial charge in [-0.2, -0.15) is 4.31 Å². The number of carbonyl (C=O) groups is 1. The van der Waals surface area contributed by atoms with E-state index in [1.165, 1.54) is 40.7 Å². The Hall–Kier alpha value is -2.49. The zero-order chi connectivity index (χ0) is 23.6. The number of carbonyl (C=O) groups excluding carboxylic acids is 1. The molecule has 0 bridgehead atoms. The summed E-state index contributed by atoms with van der Waals surface area (Å²) < 4.78 is 47.0. The summed E-state index contributed by atoms with van der Waals surface area (Å²) in [4.78, 5) is 15.2. The largest absolute Gasteiger partial charge is 0.373 e. The first kappa shape index (κ1) is 23.7. The summed E-state index contributed by atoms with van der Waals surface area (Å²) in [5.74, 6) is -0.849. The lowest BCUT2D eigenvalue weighted by atomic mass is 10.1. The van der Waals surface area contributed by atoms with E-state index < -0.39 is 21.7 Å². The summed E-state index contributed by atoms with van der Waals surface area (Å²) in [5, 5.41) is 2.80. The Morgan fingerprint density at radius 3 is 2.27 bits per heavy atom. The van der Waals surface area contributed by atoms with Gasteiger partial charge in [-0.05, 0) is 75.6 Å². The second-order valence-electron chi connectivity index (χ2n) is 8.77. The molecule has 0 aromatic heterocycles. The van der Waals surface area contributed by atoms with Crippen molar-refractivity contribution in [1.29, 1.82) is 0 Å². The second kappa shape index (κ2) is 9.79. The van der Waals surface area contributed by atoms with Gasteiger partial charge >= 0.3 is 0 Å². The number of nitrogens with zero attached hydrogens (tertiary/aromatic N) is 2. The highest BCUT2D eigenvalue weighted by Gasteiger charge is 2.32. The number of piperidine rings is 1. The minimum absolute atomic E-state index is 0.125. The number of ether oxygens (including phenoxy) is 1. The van der Waals surface area contributed by atoms with Crippen molar-refractivity contribution < 1.29 is 22.3 Å². The number of rotatable bonds is 5. The third-order valence-electron chi connectivity index (χ3n) is 6.04. The summed E-state index contributed by atoms with van der Waals surface area (Å²) in [5.41, 5.74) is 1.50. The smallest absolute Gasteiger partial charge is 0.255 e. The molecule has 2 heterocycles. The van der Waals surface area contributed by atoms with Crippen LogP contribution in [0.4, 0.5) is 15.8 Å². The van der Waals surface area contributed by atoms with Gasteiger partial charge in [0.15, 0.2) is 0 Å². The van der Waals surface area contributed by atoms with Crippen molar-refractivity contribution in [2.24, 2.45) is 0 Å². The maximum Gasteiger partial charge on any atom is 0.255 e. The van der Waals surface area contributed by atoms with E-state index in [1.807, 2.05) is 13.8 Å². The third kappa shape index (κ3) is 5.37. The van der Waals surface area contributed by atoms with E-state index in [0.717, 1.165) is 38.0 Å². The van der Waals surface area contributed by atoms with Crippen molar-refractivity contribution in [3.8, 4) is 0 Å². The molecule has 4 rings (SSSR count). The van der Waals surface area contributed by atoms with Gasteiger partial charge in [-0.15, -0.1) is 0 Å². The van der Waals surface area contributed by atoms with E-state index >= 15 is 0 Å². The average molecular weight is 476 g/mol. The van der Waals surface area contributed by atoms with Crippen LogP contribution in [-0.2, 0) is 14.8 Å². The highest BCUT2D eigenvalue weighted by molar-refractivity contribution is 7.89. The van der Waals surface area contributed by atoms with Crippen LogP contribution in [0.25, 0.3) is 0 Å². The number of morpholine rings is 1. The quantitative estimate of drug-likeness (QED) is 0.710.